The van der Waals surface area contributed by atoms with Gasteiger partial charge in [0.25, 0.3) is 0 Å². The summed E-state index contributed by atoms with van der Waals surface area (Å²) in [5, 5.41) is 10.4. The van der Waals surface area contributed by atoms with Gasteiger partial charge in [-0.3, -0.25) is 9.69 Å². The molecule has 1 aliphatic rings. The molecule has 0 amide bonds. The predicted octanol–water partition coefficient (Wildman–Crippen LogP) is 2.91. The summed E-state index contributed by atoms with van der Waals surface area (Å²) in [6.07, 6.45) is 8.58. The number of carbonyl (C=O) groups is 1. The number of ether oxygens (including phenoxy) is 1. The van der Waals surface area contributed by atoms with E-state index >= 15 is 0 Å². The van der Waals surface area contributed by atoms with E-state index in [1.54, 1.807) is 0 Å². The minimum atomic E-state index is -0.427. The molecule has 23 heavy (non-hydrogen) atoms. The first-order chi connectivity index (χ1) is 11.1. The summed E-state index contributed by atoms with van der Waals surface area (Å²) >= 11 is 5.84. The van der Waals surface area contributed by atoms with Crippen LogP contribution >= 0.6 is 11.6 Å². The molecule has 0 radical (unpaired) electrons. The molecule has 1 aliphatic heterocycles. The van der Waals surface area contributed by atoms with Crippen molar-refractivity contribution in [2.45, 2.75) is 25.0 Å². The molecule has 0 spiro atoms. The van der Waals surface area contributed by atoms with Crippen molar-refractivity contribution in [1.82, 2.24) is 4.90 Å². The fraction of sp³-hybridized carbons (Fsp3) is 0.389. The summed E-state index contributed by atoms with van der Waals surface area (Å²) in [6.45, 7) is 1.34. The largest absolute Gasteiger partial charge is 0.468 e. The predicted molar refractivity (Wildman–Crippen MR) is 92.2 cm³/mol. The molecule has 2 atom stereocenters. The van der Waals surface area contributed by atoms with E-state index in [0.717, 1.165) is 10.6 Å². The highest BCUT2D eigenvalue weighted by molar-refractivity contribution is 6.30. The highest BCUT2D eigenvalue weighted by Gasteiger charge is 2.32. The van der Waals surface area contributed by atoms with Gasteiger partial charge in [-0.2, -0.15) is 0 Å². The van der Waals surface area contributed by atoms with E-state index in [-0.39, 0.29) is 12.0 Å². The van der Waals surface area contributed by atoms with Crippen molar-refractivity contribution in [2.75, 3.05) is 20.2 Å². The molecule has 0 bridgehead atoms. The average molecular weight is 336 g/mol. The number of aliphatic hydroxyl groups excluding tert-OH is 1. The van der Waals surface area contributed by atoms with E-state index in [1.165, 1.54) is 7.11 Å². The molecular weight excluding hydrogens is 314 g/mol. The van der Waals surface area contributed by atoms with Gasteiger partial charge in [-0.25, -0.2) is 0 Å². The summed E-state index contributed by atoms with van der Waals surface area (Å²) in [5.74, 6) is -0.283. The molecule has 0 unspecified atom stereocenters. The third kappa shape index (κ3) is 5.50. The summed E-state index contributed by atoms with van der Waals surface area (Å²) < 4.78 is 4.82. The fourth-order valence-corrected chi connectivity index (χ4v) is 2.74. The van der Waals surface area contributed by atoms with E-state index in [0.29, 0.717) is 25.9 Å². The zero-order valence-corrected chi connectivity index (χ0v) is 13.9. The quantitative estimate of drug-likeness (QED) is 0.664. The molecule has 0 saturated carbocycles. The van der Waals surface area contributed by atoms with Crippen molar-refractivity contribution >= 4 is 23.6 Å². The number of carbonyl (C=O) groups excluding carboxylic acids is 1. The number of hydrogen-bond donors (Lipinski definition) is 1. The van der Waals surface area contributed by atoms with Gasteiger partial charge in [-0.05, 0) is 30.5 Å². The van der Waals surface area contributed by atoms with Gasteiger partial charge in [0.1, 0.15) is 6.04 Å². The van der Waals surface area contributed by atoms with Crippen LogP contribution in [0.4, 0.5) is 0 Å². The molecule has 1 N–H and O–H groups in total. The number of likely N-dealkylation sites (tertiary alicyclic amines) is 1. The zero-order chi connectivity index (χ0) is 16.7. The number of hydrogen-bond acceptors (Lipinski definition) is 4. The van der Waals surface area contributed by atoms with Gasteiger partial charge in [0.05, 0.1) is 13.2 Å². The molecule has 1 saturated heterocycles. The lowest BCUT2D eigenvalue weighted by Crippen LogP contribution is -2.49. The molecule has 1 aromatic rings. The molecule has 1 heterocycles. The van der Waals surface area contributed by atoms with Crippen molar-refractivity contribution in [2.24, 2.45) is 0 Å². The monoisotopic (exact) mass is 335 g/mol. The highest BCUT2D eigenvalue weighted by Crippen LogP contribution is 2.18. The van der Waals surface area contributed by atoms with E-state index in [9.17, 15) is 9.90 Å². The number of nitrogens with zero attached hydrogens (tertiary/aromatic N) is 1. The molecule has 1 fully saturated rings. The average Bonchev–Trinajstić information content (AvgIpc) is 2.56. The van der Waals surface area contributed by atoms with Gasteiger partial charge in [-0.1, -0.05) is 48.0 Å². The Morgan fingerprint density at radius 1 is 1.39 bits per heavy atom. The number of piperidine rings is 1. The number of benzene rings is 1. The van der Waals surface area contributed by atoms with E-state index in [1.807, 2.05) is 53.5 Å². The SMILES string of the molecule is COC(=O)[C@H]1C[C@@H](O)CCN1CC=CC=Cc1ccc(Cl)cc1. The number of allylic oxidation sites excluding steroid dienone is 2. The lowest BCUT2D eigenvalue weighted by molar-refractivity contribution is -0.149. The van der Waals surface area contributed by atoms with Crippen LogP contribution in [0.3, 0.4) is 0 Å². The third-order valence-corrected chi connectivity index (χ3v) is 4.16. The molecule has 124 valence electrons. The van der Waals surface area contributed by atoms with E-state index in [2.05, 4.69) is 0 Å². The maximum atomic E-state index is 11.8. The van der Waals surface area contributed by atoms with Crippen molar-refractivity contribution in [3.05, 3.63) is 53.1 Å². The number of esters is 1. The van der Waals surface area contributed by atoms with Crippen LogP contribution in [0.25, 0.3) is 6.08 Å². The van der Waals surface area contributed by atoms with Crippen LogP contribution in [0, 0.1) is 0 Å². The van der Waals surface area contributed by atoms with E-state index < -0.39 is 6.10 Å². The first-order valence-electron chi connectivity index (χ1n) is 7.69. The van der Waals surface area contributed by atoms with Crippen molar-refractivity contribution < 1.29 is 14.6 Å². The van der Waals surface area contributed by atoms with E-state index in [4.69, 9.17) is 16.3 Å². The molecule has 4 nitrogen and oxygen atoms in total. The van der Waals surface area contributed by atoms with Gasteiger partial charge in [0.15, 0.2) is 0 Å². The van der Waals surface area contributed by atoms with Crippen molar-refractivity contribution in [1.29, 1.82) is 0 Å². The van der Waals surface area contributed by atoms with Crippen LogP contribution in [0.1, 0.15) is 18.4 Å². The Morgan fingerprint density at radius 3 is 2.83 bits per heavy atom. The summed E-state index contributed by atoms with van der Waals surface area (Å²) in [7, 11) is 1.38. The summed E-state index contributed by atoms with van der Waals surface area (Å²) in [5.41, 5.74) is 1.08. The first-order valence-corrected chi connectivity index (χ1v) is 8.06. The van der Waals surface area contributed by atoms with Gasteiger partial charge in [0, 0.05) is 18.1 Å². The van der Waals surface area contributed by atoms with Crippen LogP contribution in [0.15, 0.2) is 42.5 Å². The first kappa shape index (κ1) is 17.7. The van der Waals surface area contributed by atoms with Crippen LogP contribution in [0.5, 0.6) is 0 Å². The minimum Gasteiger partial charge on any atom is -0.468 e. The number of halogens is 1. The zero-order valence-electron chi connectivity index (χ0n) is 13.2. The van der Waals surface area contributed by atoms with Crippen LogP contribution in [0.2, 0.25) is 5.02 Å². The van der Waals surface area contributed by atoms with Gasteiger partial charge in [0.2, 0.25) is 0 Å². The Labute approximate surface area is 142 Å². The van der Waals surface area contributed by atoms with Gasteiger partial charge >= 0.3 is 5.97 Å². The second kappa shape index (κ2) is 8.87. The Morgan fingerprint density at radius 2 is 2.13 bits per heavy atom. The molecule has 2 rings (SSSR count). The second-order valence-corrected chi connectivity index (χ2v) is 5.99. The second-order valence-electron chi connectivity index (χ2n) is 5.55. The smallest absolute Gasteiger partial charge is 0.323 e. The Kier molecular flexibility index (Phi) is 6.84. The normalized spacial score (nSPS) is 22.7. The molecule has 0 aliphatic carbocycles. The topological polar surface area (TPSA) is 49.8 Å². The Bertz CT molecular complexity index is 568. The summed E-state index contributed by atoms with van der Waals surface area (Å²) in [4.78, 5) is 13.8. The molecule has 5 heteroatoms. The van der Waals surface area contributed by atoms with Crippen LogP contribution in [-0.2, 0) is 9.53 Å². The van der Waals surface area contributed by atoms with Gasteiger partial charge in [-0.15, -0.1) is 0 Å². The lowest BCUT2D eigenvalue weighted by Gasteiger charge is -2.35. The highest BCUT2D eigenvalue weighted by atomic mass is 35.5. The number of aliphatic hydroxyl groups is 1. The maximum absolute atomic E-state index is 11.8. The van der Waals surface area contributed by atoms with Crippen LogP contribution < -0.4 is 0 Å². The minimum absolute atomic E-state index is 0.283. The van der Waals surface area contributed by atoms with Gasteiger partial charge < -0.3 is 9.84 Å². The third-order valence-electron chi connectivity index (χ3n) is 3.90. The summed E-state index contributed by atoms with van der Waals surface area (Å²) in [6, 6.07) is 7.24. The Hall–Kier alpha value is -1.62. The standard InChI is InChI=1S/C18H22ClNO3/c1-23-18(22)17-13-16(21)10-12-20(17)11-4-2-3-5-14-6-8-15(19)9-7-14/h2-9,16-17,21H,10-13H2,1H3/t16-,17+/m0/s1. The fourth-order valence-electron chi connectivity index (χ4n) is 2.61. The number of methoxy groups -OCH3 is 1. The lowest BCUT2D eigenvalue weighted by atomic mass is 9.99. The van der Waals surface area contributed by atoms with Crippen LogP contribution in [-0.4, -0.2) is 48.3 Å². The van der Waals surface area contributed by atoms with Crippen molar-refractivity contribution in [3.8, 4) is 0 Å². The Balaban J connectivity index is 1.87. The molecular formula is C18H22ClNO3. The maximum Gasteiger partial charge on any atom is 0.323 e. The number of rotatable bonds is 5. The van der Waals surface area contributed by atoms with Crippen molar-refractivity contribution in [3.63, 3.8) is 0 Å². The molecule has 1 aromatic carbocycles. The molecule has 0 aromatic heterocycles.